The van der Waals surface area contributed by atoms with Crippen molar-refractivity contribution in [2.45, 2.75) is 32.9 Å². The van der Waals surface area contributed by atoms with E-state index in [0.717, 1.165) is 25.2 Å². The number of hydrogen-bond acceptors (Lipinski definition) is 3. The van der Waals surface area contributed by atoms with Gasteiger partial charge in [-0.3, -0.25) is 14.5 Å². The van der Waals surface area contributed by atoms with Gasteiger partial charge >= 0.3 is 11.8 Å². The molecule has 0 aliphatic carbocycles. The summed E-state index contributed by atoms with van der Waals surface area (Å²) in [6, 6.07) is 13.5. The summed E-state index contributed by atoms with van der Waals surface area (Å²) in [4.78, 5) is 28.4. The highest BCUT2D eigenvalue weighted by atomic mass is 19.1. The van der Waals surface area contributed by atoms with Crippen LogP contribution in [0.2, 0.25) is 0 Å². The minimum Gasteiger partial charge on any atom is -0.344 e. The number of benzene rings is 2. The van der Waals surface area contributed by atoms with Crippen LogP contribution in [0.25, 0.3) is 0 Å². The Labute approximate surface area is 171 Å². The maximum atomic E-state index is 13.1. The van der Waals surface area contributed by atoms with Crippen molar-refractivity contribution in [2.75, 3.05) is 25.0 Å². The lowest BCUT2D eigenvalue weighted by molar-refractivity contribution is -0.137. The van der Waals surface area contributed by atoms with Gasteiger partial charge in [0, 0.05) is 32.4 Å². The van der Waals surface area contributed by atoms with Crippen LogP contribution < -0.4 is 10.2 Å². The second-order valence-corrected chi connectivity index (χ2v) is 7.77. The predicted octanol–water partition coefficient (Wildman–Crippen LogP) is 3.34. The molecule has 154 valence electrons. The zero-order valence-electron chi connectivity index (χ0n) is 17.0. The summed E-state index contributed by atoms with van der Waals surface area (Å²) in [6.45, 7) is 5.59. The first-order valence-electron chi connectivity index (χ1n) is 10.0. The number of halogens is 1. The average molecular weight is 397 g/mol. The van der Waals surface area contributed by atoms with Gasteiger partial charge in [0.2, 0.25) is 0 Å². The van der Waals surface area contributed by atoms with Crippen LogP contribution in [0.3, 0.4) is 0 Å². The highest BCUT2D eigenvalue weighted by Gasteiger charge is 2.21. The number of hydrogen-bond donors (Lipinski definition) is 1. The Morgan fingerprint density at radius 1 is 1.14 bits per heavy atom. The number of likely N-dealkylation sites (tertiary alicyclic amines) is 1. The fraction of sp³-hybridized carbons (Fsp3) is 0.391. The summed E-state index contributed by atoms with van der Waals surface area (Å²) in [7, 11) is 1.50. The summed E-state index contributed by atoms with van der Waals surface area (Å²) in [5.41, 5.74) is 2.64. The lowest BCUT2D eigenvalue weighted by Gasteiger charge is -2.31. The molecule has 1 aliphatic heterocycles. The zero-order chi connectivity index (χ0) is 20.8. The van der Waals surface area contributed by atoms with Crippen molar-refractivity contribution in [3.05, 3.63) is 65.5 Å². The molecule has 2 aromatic carbocycles. The molecule has 1 saturated heterocycles. The maximum absolute atomic E-state index is 13.1. The van der Waals surface area contributed by atoms with Gasteiger partial charge in [0.15, 0.2) is 0 Å². The van der Waals surface area contributed by atoms with E-state index in [-0.39, 0.29) is 0 Å². The molecule has 1 aliphatic rings. The molecule has 2 amide bonds. The fourth-order valence-corrected chi connectivity index (χ4v) is 3.74. The van der Waals surface area contributed by atoms with E-state index < -0.39 is 17.6 Å². The smallest absolute Gasteiger partial charge is 0.316 e. The molecule has 1 N–H and O–H groups in total. The third kappa shape index (κ3) is 5.64. The van der Waals surface area contributed by atoms with Crippen molar-refractivity contribution in [1.82, 2.24) is 10.2 Å². The topological polar surface area (TPSA) is 52.7 Å². The molecule has 1 atom stereocenters. The molecule has 0 spiro atoms. The van der Waals surface area contributed by atoms with Crippen LogP contribution in [0.15, 0.2) is 48.5 Å². The molecule has 1 fully saturated rings. The number of piperidine rings is 1. The van der Waals surface area contributed by atoms with Crippen LogP contribution >= 0.6 is 0 Å². The van der Waals surface area contributed by atoms with Crippen molar-refractivity contribution in [3.8, 4) is 0 Å². The number of carbonyl (C=O) groups is 2. The second kappa shape index (κ2) is 9.65. The highest BCUT2D eigenvalue weighted by molar-refractivity contribution is 6.40. The van der Waals surface area contributed by atoms with E-state index in [0.29, 0.717) is 18.2 Å². The molecular formula is C23H28FN3O2. The lowest BCUT2D eigenvalue weighted by atomic mass is 9.99. The minimum absolute atomic E-state index is 0.293. The van der Waals surface area contributed by atoms with E-state index in [9.17, 15) is 14.0 Å². The Morgan fingerprint density at radius 3 is 2.52 bits per heavy atom. The Bertz CT molecular complexity index is 853. The van der Waals surface area contributed by atoms with E-state index in [2.05, 4.69) is 23.2 Å². The van der Waals surface area contributed by atoms with Crippen LogP contribution in [0, 0.1) is 11.7 Å². The second-order valence-electron chi connectivity index (χ2n) is 7.77. The molecular weight excluding hydrogens is 369 g/mol. The van der Waals surface area contributed by atoms with Gasteiger partial charge < -0.3 is 10.2 Å². The van der Waals surface area contributed by atoms with E-state index >= 15 is 0 Å². The Balaban J connectivity index is 1.59. The number of anilines is 1. The summed E-state index contributed by atoms with van der Waals surface area (Å²) >= 11 is 0. The minimum atomic E-state index is -0.682. The van der Waals surface area contributed by atoms with Gasteiger partial charge in [0.05, 0.1) is 0 Å². The van der Waals surface area contributed by atoms with Gasteiger partial charge in [-0.25, -0.2) is 4.39 Å². The summed E-state index contributed by atoms with van der Waals surface area (Å²) in [5, 5.41) is 2.72. The first-order valence-corrected chi connectivity index (χ1v) is 10.0. The number of carbonyl (C=O) groups excluding carboxylic acids is 2. The van der Waals surface area contributed by atoms with E-state index in [1.54, 1.807) is 0 Å². The van der Waals surface area contributed by atoms with Crippen molar-refractivity contribution < 1.29 is 14.0 Å². The normalized spacial score (nSPS) is 17.0. The highest BCUT2D eigenvalue weighted by Crippen LogP contribution is 2.19. The van der Waals surface area contributed by atoms with Gasteiger partial charge in [-0.1, -0.05) is 31.2 Å². The van der Waals surface area contributed by atoms with Crippen LogP contribution in [-0.2, 0) is 22.7 Å². The quantitative estimate of drug-likeness (QED) is 0.788. The van der Waals surface area contributed by atoms with E-state index in [4.69, 9.17) is 0 Å². The predicted molar refractivity (Wildman–Crippen MR) is 112 cm³/mol. The summed E-state index contributed by atoms with van der Waals surface area (Å²) in [5.74, 6) is -1.05. The van der Waals surface area contributed by atoms with Gasteiger partial charge in [-0.15, -0.1) is 0 Å². The summed E-state index contributed by atoms with van der Waals surface area (Å²) in [6.07, 6.45) is 2.49. The fourth-order valence-electron chi connectivity index (χ4n) is 3.74. The molecule has 0 saturated carbocycles. The van der Waals surface area contributed by atoms with Gasteiger partial charge in [-0.05, 0) is 60.7 Å². The molecule has 1 heterocycles. The van der Waals surface area contributed by atoms with Crippen molar-refractivity contribution in [2.24, 2.45) is 5.92 Å². The lowest BCUT2D eigenvalue weighted by Crippen LogP contribution is -2.41. The van der Waals surface area contributed by atoms with Crippen molar-refractivity contribution in [3.63, 3.8) is 0 Å². The van der Waals surface area contributed by atoms with Crippen LogP contribution in [-0.4, -0.2) is 36.9 Å². The monoisotopic (exact) mass is 397 g/mol. The molecule has 29 heavy (non-hydrogen) atoms. The van der Waals surface area contributed by atoms with Crippen LogP contribution in [0.1, 0.15) is 30.9 Å². The van der Waals surface area contributed by atoms with Gasteiger partial charge in [0.25, 0.3) is 0 Å². The maximum Gasteiger partial charge on any atom is 0.316 e. The molecule has 0 radical (unpaired) electrons. The van der Waals surface area contributed by atoms with Crippen LogP contribution in [0.4, 0.5) is 10.1 Å². The third-order valence-corrected chi connectivity index (χ3v) is 5.41. The molecule has 3 rings (SSSR count). The number of nitrogens with zero attached hydrogens (tertiary/aromatic N) is 2. The first-order chi connectivity index (χ1) is 13.9. The Kier molecular flexibility index (Phi) is 6.99. The average Bonchev–Trinajstić information content (AvgIpc) is 2.72. The number of amides is 2. The molecule has 0 unspecified atom stereocenters. The van der Waals surface area contributed by atoms with Crippen molar-refractivity contribution >= 4 is 17.5 Å². The summed E-state index contributed by atoms with van der Waals surface area (Å²) < 4.78 is 13.1. The van der Waals surface area contributed by atoms with Gasteiger partial charge in [-0.2, -0.15) is 0 Å². The Hall–Kier alpha value is -2.73. The number of nitrogens with one attached hydrogen (secondary N) is 1. The number of rotatable bonds is 5. The van der Waals surface area contributed by atoms with Gasteiger partial charge in [0.1, 0.15) is 5.82 Å². The third-order valence-electron chi connectivity index (χ3n) is 5.41. The molecule has 6 heteroatoms. The van der Waals surface area contributed by atoms with E-state index in [1.165, 1.54) is 54.6 Å². The molecule has 2 aromatic rings. The first kappa shape index (κ1) is 21.0. The molecule has 0 aromatic heterocycles. The van der Waals surface area contributed by atoms with E-state index in [1.807, 2.05) is 18.2 Å². The van der Waals surface area contributed by atoms with Crippen LogP contribution in [0.5, 0.6) is 0 Å². The zero-order valence-corrected chi connectivity index (χ0v) is 17.0. The largest absolute Gasteiger partial charge is 0.344 e. The molecule has 0 bridgehead atoms. The SMILES string of the molecule is C[C@@H]1CCCN(Cc2ccccc2CNC(=O)C(=O)N(C)c2ccc(F)cc2)C1. The number of likely N-dealkylation sites (N-methyl/N-ethyl adjacent to an activating group) is 1. The molecule has 5 nitrogen and oxygen atoms in total. The standard InChI is InChI=1S/C23H28FN3O2/c1-17-6-5-13-27(15-17)16-19-8-4-3-7-18(19)14-25-22(28)23(29)26(2)21-11-9-20(24)10-12-21/h3-4,7-12,17H,5-6,13-16H2,1-2H3,(H,25,28)/t17-/m1/s1. The Morgan fingerprint density at radius 2 is 1.83 bits per heavy atom. The van der Waals surface area contributed by atoms with Crippen molar-refractivity contribution in [1.29, 1.82) is 0 Å².